The number of hydrogen-bond acceptors (Lipinski definition) is 6. The van der Waals surface area contributed by atoms with Gasteiger partial charge in [-0.3, -0.25) is 14.4 Å². The summed E-state index contributed by atoms with van der Waals surface area (Å²) in [5.41, 5.74) is 0. The van der Waals surface area contributed by atoms with Crippen LogP contribution in [0.4, 0.5) is 0 Å². The second-order valence-corrected chi connectivity index (χ2v) is 10.6. The highest BCUT2D eigenvalue weighted by Crippen LogP contribution is 2.06. The molecule has 0 spiro atoms. The Morgan fingerprint density at radius 2 is 0.761 bits per heavy atom. The number of allylic oxidation sites excluding steroid dienone is 16. The number of esters is 3. The molecule has 0 bridgehead atoms. The van der Waals surface area contributed by atoms with Gasteiger partial charge in [0.25, 0.3) is 0 Å². The molecular weight excluding hydrogens is 576 g/mol. The van der Waals surface area contributed by atoms with E-state index in [1.165, 1.54) is 0 Å². The summed E-state index contributed by atoms with van der Waals surface area (Å²) in [4.78, 5) is 37.1. The van der Waals surface area contributed by atoms with Crippen LogP contribution in [0.15, 0.2) is 97.2 Å². The molecule has 0 aliphatic carbocycles. The van der Waals surface area contributed by atoms with E-state index in [4.69, 9.17) is 14.2 Å². The maximum atomic E-state index is 12.5. The first-order valence-corrected chi connectivity index (χ1v) is 17.2. The third-order valence-corrected chi connectivity index (χ3v) is 6.32. The fraction of sp³-hybridized carbons (Fsp3) is 0.525. The van der Waals surface area contributed by atoms with Gasteiger partial charge in [-0.1, -0.05) is 124 Å². The summed E-state index contributed by atoms with van der Waals surface area (Å²) in [6, 6.07) is 0. The van der Waals surface area contributed by atoms with E-state index in [2.05, 4.69) is 81.5 Å². The first-order valence-electron chi connectivity index (χ1n) is 17.2. The Hall–Kier alpha value is -3.67. The standard InChI is InChI=1S/C40H60O6/c1-4-7-10-13-16-19-21-24-26-29-32-38(41)44-35-37(46-40(43)34-31-28-23-18-15-12-9-6-3)36-45-39(42)33-30-27-25-22-20-17-14-11-8-5-2/h7-8,10-12,15-17,19-20,23-28,37H,4-6,9,13-14,18,21-22,29-36H2,1-3H3/b10-7-,11-8-,15-12-,19-16-,20-17-,26-24-,27-25-,28-23-. The van der Waals surface area contributed by atoms with Crippen molar-refractivity contribution < 1.29 is 28.6 Å². The molecule has 0 atom stereocenters. The molecule has 0 heterocycles. The highest BCUT2D eigenvalue weighted by atomic mass is 16.6. The van der Waals surface area contributed by atoms with Crippen molar-refractivity contribution in [3.8, 4) is 0 Å². The third-order valence-electron chi connectivity index (χ3n) is 6.32. The lowest BCUT2D eigenvalue weighted by Crippen LogP contribution is -2.30. The normalized spacial score (nSPS) is 12.6. The molecule has 0 aromatic carbocycles. The zero-order valence-corrected chi connectivity index (χ0v) is 28.8. The van der Waals surface area contributed by atoms with Crippen LogP contribution in [0.3, 0.4) is 0 Å². The van der Waals surface area contributed by atoms with E-state index in [1.54, 1.807) is 0 Å². The Morgan fingerprint density at radius 1 is 0.435 bits per heavy atom. The van der Waals surface area contributed by atoms with Gasteiger partial charge in [-0.15, -0.1) is 0 Å². The van der Waals surface area contributed by atoms with E-state index in [-0.39, 0.29) is 32.5 Å². The lowest BCUT2D eigenvalue weighted by atomic mass is 10.2. The summed E-state index contributed by atoms with van der Waals surface area (Å²) in [6.07, 6.45) is 43.2. The van der Waals surface area contributed by atoms with Crippen LogP contribution >= 0.6 is 0 Å². The summed E-state index contributed by atoms with van der Waals surface area (Å²) in [6.45, 7) is 6.04. The van der Waals surface area contributed by atoms with Gasteiger partial charge in [-0.05, 0) is 70.6 Å². The van der Waals surface area contributed by atoms with Gasteiger partial charge in [0.1, 0.15) is 13.2 Å². The molecule has 0 aromatic rings. The van der Waals surface area contributed by atoms with Gasteiger partial charge in [0.2, 0.25) is 0 Å². The molecule has 0 fully saturated rings. The fourth-order valence-electron chi connectivity index (χ4n) is 3.81. The van der Waals surface area contributed by atoms with Crippen LogP contribution in [0.2, 0.25) is 0 Å². The van der Waals surface area contributed by atoms with Gasteiger partial charge in [0.05, 0.1) is 0 Å². The molecule has 0 saturated carbocycles. The summed E-state index contributed by atoms with van der Waals surface area (Å²) in [5.74, 6) is -1.21. The minimum absolute atomic E-state index is 0.159. The molecule has 46 heavy (non-hydrogen) atoms. The van der Waals surface area contributed by atoms with Crippen LogP contribution in [0.5, 0.6) is 0 Å². The number of hydrogen-bond donors (Lipinski definition) is 0. The summed E-state index contributed by atoms with van der Waals surface area (Å²) < 4.78 is 16.3. The number of rotatable bonds is 28. The van der Waals surface area contributed by atoms with Gasteiger partial charge < -0.3 is 14.2 Å². The molecule has 0 radical (unpaired) electrons. The summed E-state index contributed by atoms with van der Waals surface area (Å²) >= 11 is 0. The average molecular weight is 637 g/mol. The molecule has 0 N–H and O–H groups in total. The first kappa shape index (κ1) is 42.3. The molecule has 0 aliphatic heterocycles. The maximum absolute atomic E-state index is 12.5. The molecule has 6 heteroatoms. The topological polar surface area (TPSA) is 78.9 Å². The molecule has 0 unspecified atom stereocenters. The number of carbonyl (C=O) groups excluding carboxylic acids is 3. The van der Waals surface area contributed by atoms with Crippen LogP contribution < -0.4 is 0 Å². The second-order valence-electron chi connectivity index (χ2n) is 10.6. The molecule has 0 aliphatic rings. The molecule has 0 rings (SSSR count). The Balaban J connectivity index is 4.66. The van der Waals surface area contributed by atoms with E-state index in [0.717, 1.165) is 57.8 Å². The molecule has 6 nitrogen and oxygen atoms in total. The van der Waals surface area contributed by atoms with Crippen molar-refractivity contribution in [1.29, 1.82) is 0 Å². The largest absolute Gasteiger partial charge is 0.462 e. The van der Waals surface area contributed by atoms with E-state index < -0.39 is 24.0 Å². The van der Waals surface area contributed by atoms with Crippen molar-refractivity contribution in [2.75, 3.05) is 13.2 Å². The smallest absolute Gasteiger partial charge is 0.306 e. The molecule has 0 saturated heterocycles. The van der Waals surface area contributed by atoms with Crippen molar-refractivity contribution in [1.82, 2.24) is 0 Å². The first-order chi connectivity index (χ1) is 22.5. The number of ether oxygens (including phenoxy) is 3. The fourth-order valence-corrected chi connectivity index (χ4v) is 3.81. The predicted molar refractivity (Wildman–Crippen MR) is 191 cm³/mol. The van der Waals surface area contributed by atoms with Crippen molar-refractivity contribution in [2.45, 2.75) is 123 Å². The Labute approximate surface area is 279 Å². The van der Waals surface area contributed by atoms with Crippen LogP contribution in [-0.2, 0) is 28.6 Å². The van der Waals surface area contributed by atoms with E-state index >= 15 is 0 Å². The summed E-state index contributed by atoms with van der Waals surface area (Å²) in [5, 5.41) is 0. The van der Waals surface area contributed by atoms with Gasteiger partial charge in [-0.2, -0.15) is 0 Å². The van der Waals surface area contributed by atoms with Gasteiger partial charge in [-0.25, -0.2) is 0 Å². The SMILES string of the molecule is CC/C=C\C/C=C\C/C=C\CCC(=O)OCC(COC(=O)CC/C=C\C/C=C\C/C=C\CC)OC(=O)CC/C=C\C/C=C\CCC. The highest BCUT2D eigenvalue weighted by Gasteiger charge is 2.19. The van der Waals surface area contributed by atoms with Gasteiger partial charge in [0, 0.05) is 19.3 Å². The van der Waals surface area contributed by atoms with Crippen molar-refractivity contribution in [3.05, 3.63) is 97.2 Å². The lowest BCUT2D eigenvalue weighted by Gasteiger charge is -2.18. The Bertz CT molecular complexity index is 951. The number of carbonyl (C=O) groups is 3. The van der Waals surface area contributed by atoms with E-state index in [9.17, 15) is 14.4 Å². The molecule has 0 aromatic heterocycles. The number of unbranched alkanes of at least 4 members (excludes halogenated alkanes) is 1. The highest BCUT2D eigenvalue weighted by molar-refractivity contribution is 5.71. The van der Waals surface area contributed by atoms with Crippen molar-refractivity contribution in [3.63, 3.8) is 0 Å². The van der Waals surface area contributed by atoms with E-state index in [1.807, 2.05) is 36.5 Å². The van der Waals surface area contributed by atoms with Crippen molar-refractivity contribution >= 4 is 17.9 Å². The van der Waals surface area contributed by atoms with E-state index in [0.29, 0.717) is 19.3 Å². The minimum atomic E-state index is -0.855. The van der Waals surface area contributed by atoms with Crippen LogP contribution in [0, 0.1) is 0 Å². The van der Waals surface area contributed by atoms with Crippen LogP contribution in [0.25, 0.3) is 0 Å². The summed E-state index contributed by atoms with van der Waals surface area (Å²) in [7, 11) is 0. The Morgan fingerprint density at radius 3 is 1.13 bits per heavy atom. The lowest BCUT2D eigenvalue weighted by molar-refractivity contribution is -0.166. The Kier molecular flexibility index (Phi) is 31.5. The monoisotopic (exact) mass is 636 g/mol. The predicted octanol–water partition coefficient (Wildman–Crippen LogP) is 10.3. The second kappa shape index (κ2) is 34.2. The maximum Gasteiger partial charge on any atom is 0.306 e. The quantitative estimate of drug-likeness (QED) is 0.0483. The zero-order chi connectivity index (χ0) is 33.8. The minimum Gasteiger partial charge on any atom is -0.462 e. The van der Waals surface area contributed by atoms with Crippen molar-refractivity contribution in [2.24, 2.45) is 0 Å². The van der Waals surface area contributed by atoms with Gasteiger partial charge >= 0.3 is 17.9 Å². The van der Waals surface area contributed by atoms with Crippen LogP contribution in [-0.4, -0.2) is 37.2 Å². The molecular formula is C40H60O6. The molecule has 256 valence electrons. The average Bonchev–Trinajstić information content (AvgIpc) is 3.05. The zero-order valence-electron chi connectivity index (χ0n) is 28.8. The van der Waals surface area contributed by atoms with Gasteiger partial charge in [0.15, 0.2) is 6.10 Å². The third kappa shape index (κ3) is 31.7. The van der Waals surface area contributed by atoms with Crippen LogP contribution in [0.1, 0.15) is 117 Å². The molecule has 0 amide bonds.